The lowest BCUT2D eigenvalue weighted by Crippen LogP contribution is -2.36. The largest absolute Gasteiger partial charge is 0.380 e. The zero-order chi connectivity index (χ0) is 10.3. The molecule has 14 heavy (non-hydrogen) atoms. The fourth-order valence-corrected chi connectivity index (χ4v) is 3.02. The van der Waals surface area contributed by atoms with Gasteiger partial charge in [0, 0.05) is 24.4 Å². The van der Waals surface area contributed by atoms with Crippen molar-refractivity contribution in [2.75, 3.05) is 32.6 Å². The summed E-state index contributed by atoms with van der Waals surface area (Å²) in [6, 6.07) is 0. The van der Waals surface area contributed by atoms with Crippen LogP contribution in [0.25, 0.3) is 0 Å². The molecular weight excluding hydrogens is 194 g/mol. The van der Waals surface area contributed by atoms with Crippen molar-refractivity contribution < 1.29 is 4.74 Å². The molecule has 0 unspecified atom stereocenters. The van der Waals surface area contributed by atoms with E-state index >= 15 is 0 Å². The van der Waals surface area contributed by atoms with Gasteiger partial charge in [0.2, 0.25) is 0 Å². The van der Waals surface area contributed by atoms with Gasteiger partial charge in [0.1, 0.15) is 0 Å². The van der Waals surface area contributed by atoms with E-state index in [-0.39, 0.29) is 0 Å². The lowest BCUT2D eigenvalue weighted by atomic mass is 10.1. The summed E-state index contributed by atoms with van der Waals surface area (Å²) >= 11 is 2.04. The van der Waals surface area contributed by atoms with Crippen LogP contribution in [0.1, 0.15) is 32.6 Å². The van der Waals surface area contributed by atoms with Gasteiger partial charge in [-0.2, -0.15) is 11.8 Å². The molecule has 1 fully saturated rings. The number of ether oxygens (including phenoxy) is 1. The van der Waals surface area contributed by atoms with E-state index in [1.54, 1.807) is 0 Å². The maximum absolute atomic E-state index is 5.30. The molecule has 0 amide bonds. The summed E-state index contributed by atoms with van der Waals surface area (Å²) in [4.78, 5) is 0. The standard InChI is InChI=1S/C11H23NOS/c1-3-13-9-8-12-10-11(14-2)6-4-5-7-11/h12H,3-10H2,1-2H3. The van der Waals surface area contributed by atoms with Crippen LogP contribution in [0.15, 0.2) is 0 Å². The summed E-state index contributed by atoms with van der Waals surface area (Å²) in [6.45, 7) is 5.87. The lowest BCUT2D eigenvalue weighted by molar-refractivity contribution is 0.149. The van der Waals surface area contributed by atoms with E-state index in [1.165, 1.54) is 25.7 Å². The Labute approximate surface area is 92.2 Å². The Morgan fingerprint density at radius 2 is 2.07 bits per heavy atom. The zero-order valence-corrected chi connectivity index (χ0v) is 10.3. The molecule has 0 bridgehead atoms. The third kappa shape index (κ3) is 3.79. The fourth-order valence-electron chi connectivity index (χ4n) is 2.08. The average Bonchev–Trinajstić information content (AvgIpc) is 2.67. The van der Waals surface area contributed by atoms with E-state index in [4.69, 9.17) is 4.74 Å². The van der Waals surface area contributed by atoms with Gasteiger partial charge in [-0.3, -0.25) is 0 Å². The molecule has 0 heterocycles. The quantitative estimate of drug-likeness (QED) is 0.661. The van der Waals surface area contributed by atoms with Crippen molar-refractivity contribution in [1.82, 2.24) is 5.32 Å². The summed E-state index contributed by atoms with van der Waals surface area (Å²) in [5.41, 5.74) is 0. The highest BCUT2D eigenvalue weighted by atomic mass is 32.2. The Balaban J connectivity index is 2.08. The van der Waals surface area contributed by atoms with Gasteiger partial charge >= 0.3 is 0 Å². The van der Waals surface area contributed by atoms with Gasteiger partial charge in [0.05, 0.1) is 6.61 Å². The maximum Gasteiger partial charge on any atom is 0.0590 e. The minimum absolute atomic E-state index is 0.534. The van der Waals surface area contributed by atoms with Crippen molar-refractivity contribution in [3.8, 4) is 0 Å². The van der Waals surface area contributed by atoms with Gasteiger partial charge in [0.15, 0.2) is 0 Å². The first-order valence-corrected chi connectivity index (χ1v) is 6.89. The summed E-state index contributed by atoms with van der Waals surface area (Å²) in [5, 5.41) is 3.51. The van der Waals surface area contributed by atoms with Gasteiger partial charge in [-0.05, 0) is 26.0 Å². The summed E-state index contributed by atoms with van der Waals surface area (Å²) < 4.78 is 5.83. The Morgan fingerprint density at radius 1 is 1.36 bits per heavy atom. The van der Waals surface area contributed by atoms with Gasteiger partial charge in [-0.1, -0.05) is 12.8 Å². The molecule has 0 aromatic heterocycles. The van der Waals surface area contributed by atoms with Crippen LogP contribution in [0.2, 0.25) is 0 Å². The minimum Gasteiger partial charge on any atom is -0.380 e. The monoisotopic (exact) mass is 217 g/mol. The number of hydrogen-bond acceptors (Lipinski definition) is 3. The third-order valence-electron chi connectivity index (χ3n) is 3.02. The van der Waals surface area contributed by atoms with Crippen LogP contribution in [0.4, 0.5) is 0 Å². The Morgan fingerprint density at radius 3 is 2.64 bits per heavy atom. The maximum atomic E-state index is 5.30. The molecule has 1 aliphatic rings. The second kappa shape index (κ2) is 6.70. The number of nitrogens with one attached hydrogen (secondary N) is 1. The first-order valence-electron chi connectivity index (χ1n) is 5.66. The van der Waals surface area contributed by atoms with Crippen LogP contribution in [-0.4, -0.2) is 37.3 Å². The van der Waals surface area contributed by atoms with Crippen molar-refractivity contribution in [1.29, 1.82) is 0 Å². The Kier molecular flexibility index (Phi) is 5.90. The molecule has 0 aromatic carbocycles. The van der Waals surface area contributed by atoms with Crippen LogP contribution < -0.4 is 5.32 Å². The molecule has 0 saturated heterocycles. The summed E-state index contributed by atoms with van der Waals surface area (Å²) in [5.74, 6) is 0. The topological polar surface area (TPSA) is 21.3 Å². The van der Waals surface area contributed by atoms with Crippen LogP contribution in [0, 0.1) is 0 Å². The van der Waals surface area contributed by atoms with Gasteiger partial charge in [-0.25, -0.2) is 0 Å². The van der Waals surface area contributed by atoms with Crippen LogP contribution in [0.3, 0.4) is 0 Å². The number of rotatable bonds is 7. The number of thioether (sulfide) groups is 1. The van der Waals surface area contributed by atoms with Crippen molar-refractivity contribution in [2.24, 2.45) is 0 Å². The van der Waals surface area contributed by atoms with Crippen LogP contribution in [0.5, 0.6) is 0 Å². The summed E-state index contributed by atoms with van der Waals surface area (Å²) in [6.07, 6.45) is 7.84. The van der Waals surface area contributed by atoms with Gasteiger partial charge in [0.25, 0.3) is 0 Å². The highest BCUT2D eigenvalue weighted by Crippen LogP contribution is 2.39. The summed E-state index contributed by atoms with van der Waals surface area (Å²) in [7, 11) is 0. The minimum atomic E-state index is 0.534. The molecule has 1 aliphatic carbocycles. The first-order chi connectivity index (χ1) is 6.83. The van der Waals surface area contributed by atoms with Crippen molar-refractivity contribution in [3.63, 3.8) is 0 Å². The van der Waals surface area contributed by atoms with E-state index in [2.05, 4.69) is 11.6 Å². The predicted molar refractivity (Wildman–Crippen MR) is 64.1 cm³/mol. The normalized spacial score (nSPS) is 20.1. The van der Waals surface area contributed by atoms with E-state index in [1.807, 2.05) is 18.7 Å². The Bertz CT molecular complexity index is 146. The molecular formula is C11H23NOS. The molecule has 1 saturated carbocycles. The molecule has 0 atom stereocenters. The van der Waals surface area contributed by atoms with Crippen molar-refractivity contribution in [2.45, 2.75) is 37.4 Å². The fraction of sp³-hybridized carbons (Fsp3) is 1.00. The smallest absolute Gasteiger partial charge is 0.0590 e. The molecule has 0 spiro atoms. The van der Waals surface area contributed by atoms with Crippen molar-refractivity contribution in [3.05, 3.63) is 0 Å². The molecule has 84 valence electrons. The van der Waals surface area contributed by atoms with Crippen molar-refractivity contribution >= 4 is 11.8 Å². The second-order valence-electron chi connectivity index (χ2n) is 3.97. The second-order valence-corrected chi connectivity index (χ2v) is 5.24. The van der Waals surface area contributed by atoms with Crippen LogP contribution in [-0.2, 0) is 4.74 Å². The zero-order valence-electron chi connectivity index (χ0n) is 9.47. The average molecular weight is 217 g/mol. The molecule has 0 radical (unpaired) electrons. The predicted octanol–water partition coefficient (Wildman–Crippen LogP) is 2.29. The molecule has 2 nitrogen and oxygen atoms in total. The number of hydrogen-bond donors (Lipinski definition) is 1. The third-order valence-corrected chi connectivity index (χ3v) is 4.44. The van der Waals surface area contributed by atoms with E-state index in [9.17, 15) is 0 Å². The molecule has 0 aliphatic heterocycles. The van der Waals surface area contributed by atoms with Gasteiger partial charge in [-0.15, -0.1) is 0 Å². The van der Waals surface area contributed by atoms with Crippen LogP contribution >= 0.6 is 11.8 Å². The first kappa shape index (κ1) is 12.3. The van der Waals surface area contributed by atoms with E-state index in [0.717, 1.165) is 26.3 Å². The molecule has 1 rings (SSSR count). The van der Waals surface area contributed by atoms with E-state index in [0.29, 0.717) is 4.75 Å². The van der Waals surface area contributed by atoms with Gasteiger partial charge < -0.3 is 10.1 Å². The van der Waals surface area contributed by atoms with E-state index < -0.39 is 0 Å². The molecule has 0 aromatic rings. The molecule has 1 N–H and O–H groups in total. The Hall–Kier alpha value is 0.270. The highest BCUT2D eigenvalue weighted by molar-refractivity contribution is 8.00. The molecule has 3 heteroatoms. The lowest BCUT2D eigenvalue weighted by Gasteiger charge is -2.27. The highest BCUT2D eigenvalue weighted by Gasteiger charge is 2.32. The SMILES string of the molecule is CCOCCNCC1(SC)CCCC1.